The van der Waals surface area contributed by atoms with Crippen LogP contribution in [0.25, 0.3) is 22.3 Å². The number of ether oxygens (including phenoxy) is 1. The number of para-hydroxylation sites is 1. The molecule has 1 heterocycles. The highest BCUT2D eigenvalue weighted by molar-refractivity contribution is 7.91. The van der Waals surface area contributed by atoms with Crippen LogP contribution in [0.1, 0.15) is 12.0 Å². The smallest absolute Gasteiger partial charge is 0.418 e. The Morgan fingerprint density at radius 3 is 2.38 bits per heavy atom. The van der Waals surface area contributed by atoms with Crippen LogP contribution in [0, 0.1) is 0 Å². The molecule has 0 aliphatic rings. The molecule has 0 saturated heterocycles. The van der Waals surface area contributed by atoms with Crippen LogP contribution in [-0.4, -0.2) is 35.9 Å². The minimum atomic E-state index is -4.57. The van der Waals surface area contributed by atoms with E-state index in [1.54, 1.807) is 36.4 Å². The number of fused-ring (bicyclic) bond motifs is 1. The van der Waals surface area contributed by atoms with Crippen LogP contribution in [-0.2, 0) is 16.0 Å². The molecule has 0 amide bonds. The fraction of sp³-hybridized carbons (Fsp3) is 0.167. The number of halogens is 3. The highest BCUT2D eigenvalue weighted by Crippen LogP contribution is 2.34. The largest absolute Gasteiger partial charge is 0.457 e. The number of nitrogens with zero attached hydrogens (tertiary/aromatic N) is 2. The van der Waals surface area contributed by atoms with Crippen LogP contribution in [0.3, 0.4) is 0 Å². The first-order valence-corrected chi connectivity index (χ1v) is 11.9. The van der Waals surface area contributed by atoms with E-state index in [0.29, 0.717) is 11.3 Å². The van der Waals surface area contributed by atoms with Crippen molar-refractivity contribution in [3.05, 3.63) is 78.5 Å². The van der Waals surface area contributed by atoms with Crippen molar-refractivity contribution in [3.8, 4) is 22.8 Å². The van der Waals surface area contributed by atoms with Crippen molar-refractivity contribution < 1.29 is 31.4 Å². The van der Waals surface area contributed by atoms with Gasteiger partial charge < -0.3 is 9.84 Å². The van der Waals surface area contributed by atoms with E-state index in [9.17, 15) is 21.6 Å². The van der Waals surface area contributed by atoms with Gasteiger partial charge in [0.2, 0.25) is 0 Å². The second-order valence-corrected chi connectivity index (χ2v) is 9.54. The summed E-state index contributed by atoms with van der Waals surface area (Å²) in [5, 5.41) is 8.90. The summed E-state index contributed by atoms with van der Waals surface area (Å²) in [5.74, 6) is 0.419. The Kier molecular flexibility index (Phi) is 6.54. The average molecular weight is 488 g/mol. The van der Waals surface area contributed by atoms with Gasteiger partial charge in [-0.3, -0.25) is 4.98 Å². The molecular weight excluding hydrogens is 469 g/mol. The molecule has 0 atom stereocenters. The monoisotopic (exact) mass is 488 g/mol. The van der Waals surface area contributed by atoms with Crippen LogP contribution < -0.4 is 4.74 Å². The first kappa shape index (κ1) is 23.7. The predicted octanol–water partition coefficient (Wildman–Crippen LogP) is 5.26. The van der Waals surface area contributed by atoms with Crippen LogP contribution in [0.2, 0.25) is 0 Å². The molecule has 1 N–H and O–H groups in total. The molecule has 0 radical (unpaired) electrons. The molecule has 0 saturated carbocycles. The second kappa shape index (κ2) is 9.40. The third-order valence-electron chi connectivity index (χ3n) is 4.98. The minimum Gasteiger partial charge on any atom is -0.457 e. The second-order valence-electron chi connectivity index (χ2n) is 7.43. The standard InChI is InChI=1S/C24H19F3N2O4S/c25-24(26,27)20-9-3-10-21-23(20)29-22(15-28-21)16-5-1-6-17(13-16)33-18-7-2-8-19(14-18)34(31,32)12-4-11-30/h1-3,5-10,13-15,30H,4,11-12H2. The lowest BCUT2D eigenvalue weighted by atomic mass is 10.1. The maximum absolute atomic E-state index is 13.4. The molecule has 10 heteroatoms. The van der Waals surface area contributed by atoms with Gasteiger partial charge in [0.1, 0.15) is 17.0 Å². The summed E-state index contributed by atoms with van der Waals surface area (Å²) in [6.45, 7) is -0.232. The number of alkyl halides is 3. The van der Waals surface area contributed by atoms with Crippen LogP contribution >= 0.6 is 0 Å². The number of aromatic nitrogens is 2. The van der Waals surface area contributed by atoms with Gasteiger partial charge in [0.15, 0.2) is 9.84 Å². The van der Waals surface area contributed by atoms with Gasteiger partial charge in [-0.25, -0.2) is 13.4 Å². The summed E-state index contributed by atoms with van der Waals surface area (Å²) < 4.78 is 70.8. The van der Waals surface area contributed by atoms with Gasteiger partial charge in [-0.05, 0) is 48.9 Å². The van der Waals surface area contributed by atoms with Crippen molar-refractivity contribution in [2.75, 3.05) is 12.4 Å². The van der Waals surface area contributed by atoms with Crippen molar-refractivity contribution in [2.45, 2.75) is 17.5 Å². The summed E-state index contributed by atoms with van der Waals surface area (Å²) in [4.78, 5) is 8.38. The van der Waals surface area contributed by atoms with E-state index in [4.69, 9.17) is 9.84 Å². The molecule has 0 spiro atoms. The Hall–Kier alpha value is -3.50. The van der Waals surface area contributed by atoms with E-state index >= 15 is 0 Å². The molecule has 4 rings (SSSR count). The van der Waals surface area contributed by atoms with Crippen LogP contribution in [0.15, 0.2) is 77.8 Å². The van der Waals surface area contributed by atoms with Crippen molar-refractivity contribution in [3.63, 3.8) is 0 Å². The Morgan fingerprint density at radius 1 is 0.941 bits per heavy atom. The number of aliphatic hydroxyl groups is 1. The van der Waals surface area contributed by atoms with Crippen LogP contribution in [0.5, 0.6) is 11.5 Å². The molecule has 0 bridgehead atoms. The first-order chi connectivity index (χ1) is 16.2. The molecule has 0 aliphatic carbocycles. The van der Waals surface area contributed by atoms with Gasteiger partial charge in [0, 0.05) is 12.2 Å². The van der Waals surface area contributed by atoms with E-state index in [0.717, 1.165) is 6.07 Å². The Morgan fingerprint density at radius 2 is 1.65 bits per heavy atom. The maximum Gasteiger partial charge on any atom is 0.418 e. The number of hydrogen-bond donors (Lipinski definition) is 1. The van der Waals surface area contributed by atoms with Crippen LogP contribution in [0.4, 0.5) is 13.2 Å². The molecular formula is C24H19F3N2O4S. The highest BCUT2D eigenvalue weighted by Gasteiger charge is 2.33. The molecule has 4 aromatic rings. The third-order valence-corrected chi connectivity index (χ3v) is 6.78. The molecule has 6 nitrogen and oxygen atoms in total. The molecule has 3 aromatic carbocycles. The molecule has 0 fully saturated rings. The zero-order valence-electron chi connectivity index (χ0n) is 17.7. The normalized spacial score (nSPS) is 12.1. The van der Waals surface area contributed by atoms with Gasteiger partial charge in [0.05, 0.1) is 33.6 Å². The van der Waals surface area contributed by atoms with E-state index < -0.39 is 21.6 Å². The zero-order chi connectivity index (χ0) is 24.3. The SMILES string of the molecule is O=S(=O)(CCCO)c1cccc(Oc2cccc(-c3cnc4cccc(C(F)(F)F)c4n3)c2)c1. The molecule has 1 aromatic heterocycles. The lowest BCUT2D eigenvalue weighted by molar-refractivity contribution is -0.136. The van der Waals surface area contributed by atoms with Crippen molar-refractivity contribution in [2.24, 2.45) is 0 Å². The van der Waals surface area contributed by atoms with Gasteiger partial charge >= 0.3 is 6.18 Å². The summed E-state index contributed by atoms with van der Waals surface area (Å²) in [6.07, 6.45) is -3.06. The predicted molar refractivity (Wildman–Crippen MR) is 120 cm³/mol. The Labute approximate surface area is 193 Å². The van der Waals surface area contributed by atoms with Gasteiger partial charge in [-0.15, -0.1) is 0 Å². The fourth-order valence-electron chi connectivity index (χ4n) is 3.36. The quantitative estimate of drug-likeness (QED) is 0.382. The van der Waals surface area contributed by atoms with Gasteiger partial charge in [0.25, 0.3) is 0 Å². The zero-order valence-corrected chi connectivity index (χ0v) is 18.5. The number of hydrogen-bond acceptors (Lipinski definition) is 6. The molecule has 0 aliphatic heterocycles. The maximum atomic E-state index is 13.4. The van der Waals surface area contributed by atoms with Crippen molar-refractivity contribution in [1.29, 1.82) is 0 Å². The first-order valence-electron chi connectivity index (χ1n) is 10.2. The average Bonchev–Trinajstić information content (AvgIpc) is 2.82. The minimum absolute atomic E-state index is 0.0645. The summed E-state index contributed by atoms with van der Waals surface area (Å²) in [6, 6.07) is 16.2. The van der Waals surface area contributed by atoms with E-state index in [-0.39, 0.29) is 46.2 Å². The number of sulfone groups is 1. The Bertz CT molecular complexity index is 1440. The van der Waals surface area contributed by atoms with E-state index in [1.165, 1.54) is 30.5 Å². The molecule has 34 heavy (non-hydrogen) atoms. The topological polar surface area (TPSA) is 89.4 Å². The van der Waals surface area contributed by atoms with Crippen molar-refractivity contribution >= 4 is 20.9 Å². The number of rotatable bonds is 7. The molecule has 0 unspecified atom stereocenters. The third kappa shape index (κ3) is 5.18. The van der Waals surface area contributed by atoms with E-state index in [2.05, 4.69) is 9.97 Å². The lowest BCUT2D eigenvalue weighted by Gasteiger charge is -2.11. The highest BCUT2D eigenvalue weighted by atomic mass is 32.2. The van der Waals surface area contributed by atoms with E-state index in [1.807, 2.05) is 0 Å². The van der Waals surface area contributed by atoms with Gasteiger partial charge in [-0.2, -0.15) is 13.2 Å². The molecule has 176 valence electrons. The Balaban J connectivity index is 1.65. The summed E-state index contributed by atoms with van der Waals surface area (Å²) in [7, 11) is -3.58. The van der Waals surface area contributed by atoms with Crippen molar-refractivity contribution in [1.82, 2.24) is 9.97 Å². The fourth-order valence-corrected chi connectivity index (χ4v) is 4.69. The lowest BCUT2D eigenvalue weighted by Crippen LogP contribution is -2.08. The number of benzene rings is 3. The summed E-state index contributed by atoms with van der Waals surface area (Å²) in [5.41, 5.74) is -0.277. The number of aliphatic hydroxyl groups excluding tert-OH is 1. The van der Waals surface area contributed by atoms with Gasteiger partial charge in [-0.1, -0.05) is 24.3 Å². The summed E-state index contributed by atoms with van der Waals surface area (Å²) >= 11 is 0.